The van der Waals surface area contributed by atoms with E-state index in [1.807, 2.05) is 0 Å². The second-order valence-electron chi connectivity index (χ2n) is 7.82. The highest BCUT2D eigenvalue weighted by Crippen LogP contribution is 2.39. The van der Waals surface area contributed by atoms with Crippen LogP contribution in [0.3, 0.4) is 0 Å². The summed E-state index contributed by atoms with van der Waals surface area (Å²) in [5, 5.41) is 13.4. The number of nitrogens with zero attached hydrogens (tertiary/aromatic N) is 6. The molecular weight excluding hydrogens is 448 g/mol. The maximum atomic E-state index is 13.2. The van der Waals surface area contributed by atoms with Gasteiger partial charge in [0, 0.05) is 11.6 Å². The lowest BCUT2D eigenvalue weighted by Gasteiger charge is -2.19. The Kier molecular flexibility index (Phi) is 3.83. The van der Waals surface area contributed by atoms with Gasteiger partial charge in [0.05, 0.1) is 5.69 Å². The summed E-state index contributed by atoms with van der Waals surface area (Å²) in [6, 6.07) is 8.33. The fraction of sp³-hybridized carbons (Fsp3) is 0.238. The molecule has 170 valence electrons. The summed E-state index contributed by atoms with van der Waals surface area (Å²) in [5.74, 6) is 1.91. The molecule has 0 radical (unpaired) electrons. The molecule has 0 aliphatic carbocycles. The van der Waals surface area contributed by atoms with Gasteiger partial charge in [-0.1, -0.05) is 10.4 Å². The van der Waals surface area contributed by atoms with Crippen LogP contribution in [-0.4, -0.2) is 52.6 Å². The first-order valence-electron chi connectivity index (χ1n) is 10.3. The predicted molar refractivity (Wildman–Crippen MR) is 109 cm³/mol. The number of rotatable bonds is 4. The number of hydrogen-bond acceptors (Lipinski definition) is 12. The number of fused-ring (bicyclic) bond motifs is 3. The van der Waals surface area contributed by atoms with E-state index < -0.39 is 23.9 Å². The van der Waals surface area contributed by atoms with Gasteiger partial charge < -0.3 is 23.5 Å². The van der Waals surface area contributed by atoms with E-state index in [2.05, 4.69) is 20.5 Å². The molecule has 0 N–H and O–H groups in total. The van der Waals surface area contributed by atoms with Gasteiger partial charge in [-0.25, -0.2) is 4.90 Å². The molecule has 13 nitrogen and oxygen atoms in total. The highest BCUT2D eigenvalue weighted by Gasteiger charge is 2.55. The summed E-state index contributed by atoms with van der Waals surface area (Å²) in [4.78, 5) is 31.6. The third-order valence-corrected chi connectivity index (χ3v) is 5.87. The van der Waals surface area contributed by atoms with Gasteiger partial charge in [0.15, 0.2) is 35.1 Å². The van der Waals surface area contributed by atoms with Crippen molar-refractivity contribution < 1.29 is 33.1 Å². The first-order valence-corrected chi connectivity index (χ1v) is 10.3. The number of carbonyl (C=O) groups excluding carboxylic acids is 2. The van der Waals surface area contributed by atoms with E-state index in [0.717, 1.165) is 4.90 Å². The molecule has 1 fully saturated rings. The zero-order valence-electron chi connectivity index (χ0n) is 17.3. The third kappa shape index (κ3) is 2.73. The molecule has 0 saturated carbocycles. The van der Waals surface area contributed by atoms with Gasteiger partial charge in [-0.15, -0.1) is 0 Å². The molecule has 0 unspecified atom stereocenters. The summed E-state index contributed by atoms with van der Waals surface area (Å²) < 4.78 is 26.7. The van der Waals surface area contributed by atoms with Gasteiger partial charge in [0.2, 0.25) is 25.3 Å². The number of imide groups is 1. The average Bonchev–Trinajstić information content (AvgIpc) is 3.66. The zero-order valence-corrected chi connectivity index (χ0v) is 17.3. The molecule has 4 aliphatic heterocycles. The lowest BCUT2D eigenvalue weighted by molar-refractivity contribution is -0.123. The zero-order chi connectivity index (χ0) is 22.8. The molecule has 2 atom stereocenters. The fourth-order valence-corrected chi connectivity index (χ4v) is 4.24. The van der Waals surface area contributed by atoms with Crippen LogP contribution in [0.1, 0.15) is 5.89 Å². The minimum Gasteiger partial charge on any atom is -0.454 e. The van der Waals surface area contributed by atoms with Gasteiger partial charge in [0.25, 0.3) is 11.8 Å². The van der Waals surface area contributed by atoms with E-state index in [-0.39, 0.29) is 26.0 Å². The maximum absolute atomic E-state index is 13.2. The molecule has 0 bridgehead atoms. The lowest BCUT2D eigenvalue weighted by Crippen LogP contribution is -2.39. The van der Waals surface area contributed by atoms with Gasteiger partial charge in [0.1, 0.15) is 6.54 Å². The molecule has 5 heterocycles. The van der Waals surface area contributed by atoms with Crippen LogP contribution in [0.5, 0.6) is 23.0 Å². The number of aromatic nitrogens is 2. The summed E-state index contributed by atoms with van der Waals surface area (Å²) in [7, 11) is 0. The topological polar surface area (TPSA) is 141 Å². The van der Waals surface area contributed by atoms with E-state index in [1.54, 1.807) is 36.4 Å². The quantitative estimate of drug-likeness (QED) is 0.526. The summed E-state index contributed by atoms with van der Waals surface area (Å²) in [5.41, 5.74) is 1.06. The van der Waals surface area contributed by atoms with Crippen LogP contribution in [0, 0.1) is 0 Å². The van der Waals surface area contributed by atoms with Crippen molar-refractivity contribution in [3.8, 4) is 34.4 Å². The summed E-state index contributed by atoms with van der Waals surface area (Å²) in [6.07, 6.45) is 0. The van der Waals surface area contributed by atoms with Crippen LogP contribution < -0.4 is 23.8 Å². The number of hydrogen-bond donors (Lipinski definition) is 0. The highest BCUT2D eigenvalue weighted by atomic mass is 16.7. The Morgan fingerprint density at radius 1 is 0.882 bits per heavy atom. The van der Waals surface area contributed by atoms with Crippen molar-refractivity contribution in [2.75, 3.05) is 18.5 Å². The normalized spacial score (nSPS) is 21.6. The molecule has 2 amide bonds. The lowest BCUT2D eigenvalue weighted by atomic mass is 10.1. The number of ether oxygens (including phenoxy) is 4. The van der Waals surface area contributed by atoms with Gasteiger partial charge in [-0.3, -0.25) is 14.6 Å². The van der Waals surface area contributed by atoms with Crippen LogP contribution >= 0.6 is 0 Å². The highest BCUT2D eigenvalue weighted by molar-refractivity contribution is 6.25. The van der Waals surface area contributed by atoms with Crippen molar-refractivity contribution in [2.45, 2.75) is 18.6 Å². The van der Waals surface area contributed by atoms with Crippen molar-refractivity contribution >= 4 is 17.5 Å². The van der Waals surface area contributed by atoms with Gasteiger partial charge in [-0.2, -0.15) is 10.1 Å². The van der Waals surface area contributed by atoms with Crippen molar-refractivity contribution in [3.63, 3.8) is 0 Å². The Bertz CT molecular complexity index is 1390. The molecule has 13 heteroatoms. The third-order valence-electron chi connectivity index (χ3n) is 5.87. The number of amides is 2. The average molecular weight is 462 g/mol. The molecule has 2 aromatic carbocycles. The van der Waals surface area contributed by atoms with Crippen LogP contribution in [0.25, 0.3) is 11.4 Å². The number of anilines is 1. The number of carbonyl (C=O) groups is 2. The van der Waals surface area contributed by atoms with E-state index in [0.29, 0.717) is 40.1 Å². The van der Waals surface area contributed by atoms with Gasteiger partial charge >= 0.3 is 0 Å². The van der Waals surface area contributed by atoms with Gasteiger partial charge in [-0.05, 0) is 30.3 Å². The first kappa shape index (κ1) is 18.8. The second-order valence-corrected chi connectivity index (χ2v) is 7.82. The Labute approximate surface area is 190 Å². The van der Waals surface area contributed by atoms with E-state index in [9.17, 15) is 9.59 Å². The van der Waals surface area contributed by atoms with Crippen molar-refractivity contribution in [1.82, 2.24) is 15.1 Å². The monoisotopic (exact) mass is 462 g/mol. The first-order chi connectivity index (χ1) is 16.7. The summed E-state index contributed by atoms with van der Waals surface area (Å²) in [6.45, 7) is 0.261. The van der Waals surface area contributed by atoms with E-state index in [1.165, 1.54) is 5.01 Å². The van der Waals surface area contributed by atoms with E-state index in [4.69, 9.17) is 23.5 Å². The minimum atomic E-state index is -0.950. The predicted octanol–water partition coefficient (Wildman–Crippen LogP) is 1.69. The van der Waals surface area contributed by atoms with Crippen molar-refractivity contribution in [3.05, 3.63) is 42.3 Å². The minimum absolute atomic E-state index is 0.0101. The Hall–Kier alpha value is -4.68. The fourth-order valence-electron chi connectivity index (χ4n) is 4.24. The second kappa shape index (κ2) is 6.91. The molecule has 1 saturated heterocycles. The molecule has 1 aromatic heterocycles. The molecule has 7 rings (SSSR count). The molecule has 4 aliphatic rings. The Morgan fingerprint density at radius 2 is 1.62 bits per heavy atom. The standard InChI is InChI=1S/C21H14N6O7/c28-20-17-18(21(29)27(20)11-2-4-13-15(6-11)33-9-31-13)26(25-23-17)7-16-22-19(24-34-16)10-1-3-12-14(5-10)32-8-30-12/h1-6,17-18H,7-9H2/t17-,18+/m0/s1. The van der Waals surface area contributed by atoms with E-state index >= 15 is 0 Å². The molecule has 3 aromatic rings. The molecule has 34 heavy (non-hydrogen) atoms. The smallest absolute Gasteiger partial charge is 0.263 e. The molecule has 0 spiro atoms. The molecular formula is C21H14N6O7. The summed E-state index contributed by atoms with van der Waals surface area (Å²) >= 11 is 0. The maximum Gasteiger partial charge on any atom is 0.263 e. The van der Waals surface area contributed by atoms with Crippen LogP contribution in [0.2, 0.25) is 0 Å². The van der Waals surface area contributed by atoms with Crippen LogP contribution in [0.4, 0.5) is 5.69 Å². The van der Waals surface area contributed by atoms with Crippen LogP contribution in [0.15, 0.2) is 51.3 Å². The Balaban J connectivity index is 1.11. The largest absolute Gasteiger partial charge is 0.454 e. The van der Waals surface area contributed by atoms with Crippen molar-refractivity contribution in [1.29, 1.82) is 0 Å². The Morgan fingerprint density at radius 3 is 2.44 bits per heavy atom. The van der Waals surface area contributed by atoms with Crippen molar-refractivity contribution in [2.24, 2.45) is 10.3 Å². The van der Waals surface area contributed by atoms with Crippen LogP contribution in [-0.2, 0) is 16.1 Å². The SMILES string of the molecule is O=C1[C@H]2N=NN(Cc3nc(-c4ccc5c(c4)OCO5)no3)[C@H]2C(=O)N1c1ccc2c(c1)OCO2. The number of benzene rings is 2.